The van der Waals surface area contributed by atoms with Crippen molar-refractivity contribution in [1.29, 1.82) is 0 Å². The highest BCUT2D eigenvalue weighted by atomic mass is 14.9. The zero-order valence-corrected chi connectivity index (χ0v) is 6.17. The molecule has 3 N–H and O–H groups in total. The summed E-state index contributed by atoms with van der Waals surface area (Å²) in [6.45, 7) is 2.11. The lowest BCUT2D eigenvalue weighted by Crippen LogP contribution is -2.11. The van der Waals surface area contributed by atoms with Gasteiger partial charge in [-0.05, 0) is 6.42 Å². The van der Waals surface area contributed by atoms with Crippen molar-refractivity contribution in [2.24, 2.45) is 5.73 Å². The van der Waals surface area contributed by atoms with Crippen molar-refractivity contribution in [2.45, 2.75) is 25.8 Å². The van der Waals surface area contributed by atoms with E-state index >= 15 is 0 Å². The van der Waals surface area contributed by atoms with Gasteiger partial charge in [0.1, 0.15) is 5.82 Å². The van der Waals surface area contributed by atoms with Crippen molar-refractivity contribution >= 4 is 0 Å². The van der Waals surface area contributed by atoms with E-state index in [-0.39, 0.29) is 6.04 Å². The molecule has 3 heteroatoms. The minimum atomic E-state index is 0.0833. The van der Waals surface area contributed by atoms with Gasteiger partial charge in [0, 0.05) is 12.4 Å². The fourth-order valence-electron chi connectivity index (χ4n) is 0.928. The van der Waals surface area contributed by atoms with E-state index in [0.29, 0.717) is 0 Å². The number of nitrogens with zero attached hydrogens (tertiary/aromatic N) is 1. The molecule has 56 valence electrons. The molecule has 1 rings (SSSR count). The van der Waals surface area contributed by atoms with E-state index in [2.05, 4.69) is 16.9 Å². The average Bonchev–Trinajstić information content (AvgIpc) is 2.38. The van der Waals surface area contributed by atoms with Gasteiger partial charge in [0.15, 0.2) is 0 Å². The van der Waals surface area contributed by atoms with Crippen molar-refractivity contribution in [3.05, 3.63) is 18.2 Å². The second kappa shape index (κ2) is 3.37. The summed E-state index contributed by atoms with van der Waals surface area (Å²) in [5.41, 5.74) is 5.76. The molecule has 1 aromatic heterocycles. The summed E-state index contributed by atoms with van der Waals surface area (Å²) >= 11 is 0. The SMILES string of the molecule is CCC[C@H](N)c1ncc[nH]1. The van der Waals surface area contributed by atoms with E-state index in [9.17, 15) is 0 Å². The highest BCUT2D eigenvalue weighted by molar-refractivity contribution is 4.93. The Labute approximate surface area is 60.7 Å². The molecule has 1 heterocycles. The maximum atomic E-state index is 5.76. The molecule has 10 heavy (non-hydrogen) atoms. The van der Waals surface area contributed by atoms with Crippen LogP contribution >= 0.6 is 0 Å². The van der Waals surface area contributed by atoms with Gasteiger partial charge in [-0.15, -0.1) is 0 Å². The van der Waals surface area contributed by atoms with Crippen LogP contribution in [0.25, 0.3) is 0 Å². The molecule has 3 nitrogen and oxygen atoms in total. The second-order valence-corrected chi connectivity index (χ2v) is 2.37. The van der Waals surface area contributed by atoms with Gasteiger partial charge in [-0.25, -0.2) is 4.98 Å². The number of nitrogens with one attached hydrogen (secondary N) is 1. The van der Waals surface area contributed by atoms with Gasteiger partial charge in [-0.2, -0.15) is 0 Å². The molecule has 0 aliphatic rings. The molecule has 0 aliphatic carbocycles. The number of aromatic amines is 1. The first-order chi connectivity index (χ1) is 4.84. The minimum absolute atomic E-state index is 0.0833. The van der Waals surface area contributed by atoms with Crippen LogP contribution in [0.4, 0.5) is 0 Å². The summed E-state index contributed by atoms with van der Waals surface area (Å²) in [6, 6.07) is 0.0833. The van der Waals surface area contributed by atoms with E-state index in [4.69, 9.17) is 5.73 Å². The first kappa shape index (κ1) is 7.28. The molecule has 0 fully saturated rings. The Morgan fingerprint density at radius 1 is 1.80 bits per heavy atom. The lowest BCUT2D eigenvalue weighted by Gasteiger charge is -2.04. The molecule has 0 aromatic carbocycles. The molecule has 0 saturated heterocycles. The summed E-state index contributed by atoms with van der Waals surface area (Å²) in [4.78, 5) is 7.04. The van der Waals surface area contributed by atoms with E-state index in [1.807, 2.05) is 0 Å². The molecule has 0 amide bonds. The zero-order chi connectivity index (χ0) is 7.40. The number of nitrogens with two attached hydrogens (primary N) is 1. The molecular formula is C7H13N3. The van der Waals surface area contributed by atoms with Gasteiger partial charge in [-0.3, -0.25) is 0 Å². The third kappa shape index (κ3) is 1.57. The van der Waals surface area contributed by atoms with Gasteiger partial charge in [0.05, 0.1) is 6.04 Å². The summed E-state index contributed by atoms with van der Waals surface area (Å²) in [5, 5.41) is 0. The zero-order valence-electron chi connectivity index (χ0n) is 6.17. The van der Waals surface area contributed by atoms with Crippen LogP contribution in [0.2, 0.25) is 0 Å². The molecule has 0 spiro atoms. The predicted octanol–water partition coefficient (Wildman–Crippen LogP) is 1.21. The Hall–Kier alpha value is -0.830. The molecule has 0 aliphatic heterocycles. The van der Waals surface area contributed by atoms with Crippen molar-refractivity contribution in [3.8, 4) is 0 Å². The third-order valence-corrected chi connectivity index (χ3v) is 1.47. The van der Waals surface area contributed by atoms with E-state index in [1.54, 1.807) is 12.4 Å². The van der Waals surface area contributed by atoms with Crippen molar-refractivity contribution in [1.82, 2.24) is 9.97 Å². The highest BCUT2D eigenvalue weighted by Crippen LogP contribution is 2.09. The number of rotatable bonds is 3. The van der Waals surface area contributed by atoms with Crippen LogP contribution in [0.5, 0.6) is 0 Å². The lowest BCUT2D eigenvalue weighted by atomic mass is 10.2. The first-order valence-electron chi connectivity index (χ1n) is 3.59. The maximum absolute atomic E-state index is 5.76. The van der Waals surface area contributed by atoms with Crippen LogP contribution < -0.4 is 5.73 Å². The van der Waals surface area contributed by atoms with Crippen molar-refractivity contribution in [3.63, 3.8) is 0 Å². The normalized spacial score (nSPS) is 13.4. The molecule has 0 bridgehead atoms. The second-order valence-electron chi connectivity index (χ2n) is 2.37. The van der Waals surface area contributed by atoms with Crippen LogP contribution in [0.3, 0.4) is 0 Å². The standard InChI is InChI=1S/C7H13N3/c1-2-3-6(8)7-9-4-5-10-7/h4-6H,2-3,8H2,1H3,(H,9,10)/t6-/m0/s1. The number of H-pyrrole nitrogens is 1. The molecular weight excluding hydrogens is 126 g/mol. The molecule has 1 aromatic rings. The number of hydrogen-bond acceptors (Lipinski definition) is 2. The fraction of sp³-hybridized carbons (Fsp3) is 0.571. The van der Waals surface area contributed by atoms with Crippen molar-refractivity contribution < 1.29 is 0 Å². The van der Waals surface area contributed by atoms with E-state index in [0.717, 1.165) is 18.7 Å². The summed E-state index contributed by atoms with van der Waals surface area (Å²) in [5.74, 6) is 0.891. The summed E-state index contributed by atoms with van der Waals surface area (Å²) in [7, 11) is 0. The number of aromatic nitrogens is 2. The maximum Gasteiger partial charge on any atom is 0.123 e. The molecule has 1 atom stereocenters. The lowest BCUT2D eigenvalue weighted by molar-refractivity contribution is 0.608. The van der Waals surface area contributed by atoms with Crippen LogP contribution in [-0.4, -0.2) is 9.97 Å². The van der Waals surface area contributed by atoms with Gasteiger partial charge >= 0.3 is 0 Å². The average molecular weight is 139 g/mol. The van der Waals surface area contributed by atoms with Gasteiger partial charge in [0.25, 0.3) is 0 Å². The van der Waals surface area contributed by atoms with Crippen molar-refractivity contribution in [2.75, 3.05) is 0 Å². The van der Waals surface area contributed by atoms with Crippen LogP contribution in [0.1, 0.15) is 31.6 Å². The molecule has 0 unspecified atom stereocenters. The van der Waals surface area contributed by atoms with E-state index in [1.165, 1.54) is 0 Å². The van der Waals surface area contributed by atoms with Crippen LogP contribution in [0, 0.1) is 0 Å². The number of imidazole rings is 1. The summed E-state index contributed by atoms with van der Waals surface area (Å²) in [6.07, 6.45) is 5.62. The topological polar surface area (TPSA) is 54.7 Å². The Balaban J connectivity index is 2.50. The monoisotopic (exact) mass is 139 g/mol. The fourth-order valence-corrected chi connectivity index (χ4v) is 0.928. The first-order valence-corrected chi connectivity index (χ1v) is 3.59. The van der Waals surface area contributed by atoms with Gasteiger partial charge < -0.3 is 10.7 Å². The third-order valence-electron chi connectivity index (χ3n) is 1.47. The minimum Gasteiger partial charge on any atom is -0.347 e. The Morgan fingerprint density at radius 2 is 2.60 bits per heavy atom. The van der Waals surface area contributed by atoms with Crippen LogP contribution in [0.15, 0.2) is 12.4 Å². The number of hydrogen-bond donors (Lipinski definition) is 2. The van der Waals surface area contributed by atoms with Gasteiger partial charge in [-0.1, -0.05) is 13.3 Å². The van der Waals surface area contributed by atoms with E-state index < -0.39 is 0 Å². The largest absolute Gasteiger partial charge is 0.347 e. The quantitative estimate of drug-likeness (QED) is 0.661. The highest BCUT2D eigenvalue weighted by Gasteiger charge is 2.04. The summed E-state index contributed by atoms with van der Waals surface area (Å²) < 4.78 is 0. The van der Waals surface area contributed by atoms with Crippen LogP contribution in [-0.2, 0) is 0 Å². The molecule has 0 radical (unpaired) electrons. The predicted molar refractivity (Wildman–Crippen MR) is 40.4 cm³/mol. The van der Waals surface area contributed by atoms with Gasteiger partial charge in [0.2, 0.25) is 0 Å². The molecule has 0 saturated carbocycles. The smallest absolute Gasteiger partial charge is 0.123 e. The Morgan fingerprint density at radius 3 is 3.10 bits per heavy atom. The Kier molecular flexibility index (Phi) is 2.45. The Bertz CT molecular complexity index is 169.